The Morgan fingerprint density at radius 3 is 2.56 bits per heavy atom. The molecule has 1 amide bonds. The Morgan fingerprint density at radius 1 is 1.22 bits per heavy atom. The summed E-state index contributed by atoms with van der Waals surface area (Å²) in [6.45, 7) is 3.58. The van der Waals surface area contributed by atoms with Crippen LogP contribution in [0.5, 0.6) is 0 Å². The Labute approximate surface area is 189 Å². The van der Waals surface area contributed by atoms with Crippen molar-refractivity contribution in [2.75, 3.05) is 31.1 Å². The average molecular weight is 463 g/mol. The zero-order chi connectivity index (χ0) is 22.9. The fraction of sp³-hybridized carbons (Fsp3) is 0.478. The lowest BCUT2D eigenvalue weighted by Crippen LogP contribution is -2.39. The van der Waals surface area contributed by atoms with Crippen molar-refractivity contribution in [3.8, 4) is 6.07 Å². The molecule has 9 heteroatoms. The van der Waals surface area contributed by atoms with Gasteiger partial charge in [-0.05, 0) is 67.4 Å². The second-order valence-electron chi connectivity index (χ2n) is 8.61. The second kappa shape index (κ2) is 9.12. The molecule has 5 nitrogen and oxygen atoms in total. The van der Waals surface area contributed by atoms with Gasteiger partial charge in [0, 0.05) is 30.2 Å². The van der Waals surface area contributed by atoms with Gasteiger partial charge in [-0.15, -0.1) is 11.3 Å². The molecule has 0 bridgehead atoms. The quantitative estimate of drug-likeness (QED) is 0.727. The Morgan fingerprint density at radius 2 is 1.97 bits per heavy atom. The first-order valence-corrected chi connectivity index (χ1v) is 11.5. The highest BCUT2D eigenvalue weighted by molar-refractivity contribution is 7.09. The van der Waals surface area contributed by atoms with Gasteiger partial charge in [0.25, 0.3) is 0 Å². The average Bonchev–Trinajstić information content (AvgIpc) is 3.43. The van der Waals surface area contributed by atoms with Gasteiger partial charge in [0.05, 0.1) is 23.1 Å². The molecule has 0 spiro atoms. The lowest BCUT2D eigenvalue weighted by Gasteiger charge is -2.35. The molecule has 2 N–H and O–H groups in total. The molecule has 32 heavy (non-hydrogen) atoms. The SMILES string of the molecule is N#Cc1ccc(N2C[C@@H](C(N)=O)[C@H](C3CCN(Cc4cccs4)CC3)C2)cc1C(F)(F)F. The van der Waals surface area contributed by atoms with Crippen molar-refractivity contribution < 1.29 is 18.0 Å². The van der Waals surface area contributed by atoms with Crippen molar-refractivity contribution in [3.63, 3.8) is 0 Å². The van der Waals surface area contributed by atoms with E-state index in [1.165, 1.54) is 17.0 Å². The van der Waals surface area contributed by atoms with Crippen LogP contribution >= 0.6 is 11.3 Å². The van der Waals surface area contributed by atoms with Gasteiger partial charge in [-0.25, -0.2) is 0 Å². The van der Waals surface area contributed by atoms with Crippen LogP contribution in [-0.2, 0) is 17.5 Å². The van der Waals surface area contributed by atoms with Crippen LogP contribution in [0.3, 0.4) is 0 Å². The molecule has 170 valence electrons. The minimum absolute atomic E-state index is 0.0152. The first kappa shape index (κ1) is 22.6. The van der Waals surface area contributed by atoms with E-state index >= 15 is 0 Å². The molecule has 1 aromatic carbocycles. The van der Waals surface area contributed by atoms with Crippen molar-refractivity contribution in [2.45, 2.75) is 25.6 Å². The summed E-state index contributed by atoms with van der Waals surface area (Å²) in [6, 6.07) is 9.53. The lowest BCUT2D eigenvalue weighted by molar-refractivity contribution is -0.137. The summed E-state index contributed by atoms with van der Waals surface area (Å²) in [5, 5.41) is 11.1. The van der Waals surface area contributed by atoms with Gasteiger partial charge in [-0.1, -0.05) is 6.07 Å². The van der Waals surface area contributed by atoms with E-state index in [0.717, 1.165) is 38.5 Å². The lowest BCUT2D eigenvalue weighted by atomic mass is 9.78. The summed E-state index contributed by atoms with van der Waals surface area (Å²) >= 11 is 1.74. The number of likely N-dealkylation sites (tertiary alicyclic amines) is 1. The number of piperidine rings is 1. The number of primary amides is 1. The van der Waals surface area contributed by atoms with Crippen molar-refractivity contribution in [3.05, 3.63) is 51.7 Å². The number of nitrogens with zero attached hydrogens (tertiary/aromatic N) is 3. The first-order chi connectivity index (χ1) is 15.3. The Hall–Kier alpha value is -2.57. The molecule has 0 saturated carbocycles. The normalized spacial score (nSPS) is 22.8. The maximum absolute atomic E-state index is 13.4. The number of alkyl halides is 3. The van der Waals surface area contributed by atoms with Crippen LogP contribution in [0.15, 0.2) is 35.7 Å². The molecule has 3 heterocycles. The van der Waals surface area contributed by atoms with Crippen LogP contribution < -0.4 is 10.6 Å². The molecule has 0 radical (unpaired) electrons. The van der Waals surface area contributed by atoms with Gasteiger partial charge in [-0.3, -0.25) is 9.69 Å². The smallest absolute Gasteiger partial charge is 0.370 e. The fourth-order valence-corrected chi connectivity index (χ4v) is 5.79. The molecule has 2 saturated heterocycles. The van der Waals surface area contributed by atoms with Crippen LogP contribution in [0.25, 0.3) is 0 Å². The van der Waals surface area contributed by atoms with Gasteiger partial charge in [0.2, 0.25) is 5.91 Å². The number of nitrogens with two attached hydrogens (primary N) is 1. The van der Waals surface area contributed by atoms with Crippen LogP contribution in [0.4, 0.5) is 18.9 Å². The van der Waals surface area contributed by atoms with Gasteiger partial charge < -0.3 is 10.6 Å². The number of carbonyl (C=O) groups excluding carboxylic acids is 1. The molecule has 2 fully saturated rings. The summed E-state index contributed by atoms with van der Waals surface area (Å²) in [4.78, 5) is 17.7. The monoisotopic (exact) mass is 462 g/mol. The summed E-state index contributed by atoms with van der Waals surface area (Å²) in [6.07, 6.45) is -2.73. The summed E-state index contributed by atoms with van der Waals surface area (Å²) in [7, 11) is 0. The van der Waals surface area contributed by atoms with E-state index < -0.39 is 29.1 Å². The molecular weight excluding hydrogens is 437 g/mol. The third-order valence-electron chi connectivity index (χ3n) is 6.72. The summed E-state index contributed by atoms with van der Waals surface area (Å²) < 4.78 is 40.2. The van der Waals surface area contributed by atoms with E-state index in [1.54, 1.807) is 17.4 Å². The summed E-state index contributed by atoms with van der Waals surface area (Å²) in [5.41, 5.74) is 4.73. The van der Waals surface area contributed by atoms with Crippen molar-refractivity contribution in [1.29, 1.82) is 5.26 Å². The standard InChI is InChI=1S/C23H25F3N4OS/c24-23(25,26)21-10-17(4-3-16(21)11-27)30-13-19(20(14-30)22(28)31)15-5-7-29(8-6-15)12-18-2-1-9-32-18/h1-4,9-10,15,19-20H,5-8,12-14H2,(H2,28,31)/t19-,20+/m0/s1. The molecular formula is C23H25F3N4OS. The fourth-order valence-electron chi connectivity index (χ4n) is 5.04. The molecule has 1 aromatic heterocycles. The minimum atomic E-state index is -4.61. The predicted molar refractivity (Wildman–Crippen MR) is 117 cm³/mol. The number of hydrogen-bond acceptors (Lipinski definition) is 5. The van der Waals surface area contributed by atoms with E-state index in [4.69, 9.17) is 11.0 Å². The van der Waals surface area contributed by atoms with Crippen molar-refractivity contribution in [1.82, 2.24) is 4.90 Å². The van der Waals surface area contributed by atoms with Crippen molar-refractivity contribution >= 4 is 22.9 Å². The number of nitriles is 1. The number of halogens is 3. The van der Waals surface area contributed by atoms with E-state index in [0.29, 0.717) is 24.7 Å². The molecule has 2 aliphatic heterocycles. The number of anilines is 1. The van der Waals surface area contributed by atoms with Gasteiger partial charge in [-0.2, -0.15) is 18.4 Å². The highest BCUT2D eigenvalue weighted by atomic mass is 32.1. The third-order valence-corrected chi connectivity index (χ3v) is 7.58. The van der Waals surface area contributed by atoms with Crippen molar-refractivity contribution in [2.24, 2.45) is 23.5 Å². The van der Waals surface area contributed by atoms with Crippen LogP contribution in [0, 0.1) is 29.1 Å². The van der Waals surface area contributed by atoms with Crippen LogP contribution in [0.1, 0.15) is 28.8 Å². The maximum Gasteiger partial charge on any atom is 0.417 e. The highest BCUT2D eigenvalue weighted by Gasteiger charge is 2.42. The Kier molecular flexibility index (Phi) is 6.45. The number of thiophene rings is 1. The zero-order valence-electron chi connectivity index (χ0n) is 17.5. The van der Waals surface area contributed by atoms with E-state index in [2.05, 4.69) is 16.3 Å². The summed E-state index contributed by atoms with van der Waals surface area (Å²) in [5.74, 6) is -0.476. The number of carbonyl (C=O) groups is 1. The van der Waals surface area contributed by atoms with Gasteiger partial charge in [0.15, 0.2) is 0 Å². The predicted octanol–water partition coefficient (Wildman–Crippen LogP) is 4.09. The molecule has 0 aliphatic carbocycles. The molecule has 0 unspecified atom stereocenters. The molecule has 2 atom stereocenters. The second-order valence-corrected chi connectivity index (χ2v) is 9.64. The van der Waals surface area contributed by atoms with Gasteiger partial charge >= 0.3 is 6.18 Å². The van der Waals surface area contributed by atoms with E-state index in [-0.39, 0.29) is 5.92 Å². The number of hydrogen-bond donors (Lipinski definition) is 1. The first-order valence-electron chi connectivity index (χ1n) is 10.7. The minimum Gasteiger partial charge on any atom is -0.370 e. The molecule has 4 rings (SSSR count). The molecule has 2 aromatic rings. The highest BCUT2D eigenvalue weighted by Crippen LogP contribution is 2.40. The van der Waals surface area contributed by atoms with Gasteiger partial charge in [0.1, 0.15) is 0 Å². The third kappa shape index (κ3) is 4.76. The topological polar surface area (TPSA) is 73.4 Å². The largest absolute Gasteiger partial charge is 0.417 e. The zero-order valence-corrected chi connectivity index (χ0v) is 18.3. The number of rotatable bonds is 5. The number of benzene rings is 1. The Bertz CT molecular complexity index is 994. The Balaban J connectivity index is 1.47. The maximum atomic E-state index is 13.4. The van der Waals surface area contributed by atoms with Crippen LogP contribution in [-0.4, -0.2) is 37.0 Å². The van der Waals surface area contributed by atoms with E-state index in [9.17, 15) is 18.0 Å². The number of amides is 1. The van der Waals surface area contributed by atoms with E-state index in [1.807, 2.05) is 11.0 Å². The molecule has 2 aliphatic rings. The van der Waals surface area contributed by atoms with Crippen LogP contribution in [0.2, 0.25) is 0 Å².